The minimum atomic E-state index is 0.318. The predicted molar refractivity (Wildman–Crippen MR) is 105 cm³/mol. The zero-order valence-corrected chi connectivity index (χ0v) is 15.9. The van der Waals surface area contributed by atoms with Gasteiger partial charge in [0.25, 0.3) is 0 Å². The maximum absolute atomic E-state index is 12.8. The van der Waals surface area contributed by atoms with E-state index in [-0.39, 0.29) is 0 Å². The van der Waals surface area contributed by atoms with E-state index in [1.54, 1.807) is 0 Å². The number of fused-ring (bicyclic) bond motifs is 1. The molecule has 1 amide bonds. The zero-order valence-electron chi connectivity index (χ0n) is 15.9. The molecule has 2 aliphatic rings. The summed E-state index contributed by atoms with van der Waals surface area (Å²) in [7, 11) is 0. The van der Waals surface area contributed by atoms with Crippen LogP contribution in [-0.4, -0.2) is 46.4 Å². The van der Waals surface area contributed by atoms with Gasteiger partial charge in [-0.05, 0) is 42.4 Å². The molecule has 0 unspecified atom stereocenters. The van der Waals surface area contributed by atoms with Gasteiger partial charge < -0.3 is 4.90 Å². The lowest BCUT2D eigenvalue weighted by Gasteiger charge is -2.35. The topological polar surface area (TPSA) is 36.4 Å². The van der Waals surface area contributed by atoms with Crippen LogP contribution in [0.3, 0.4) is 0 Å². The van der Waals surface area contributed by atoms with E-state index in [1.165, 1.54) is 23.8 Å². The number of para-hydroxylation sites is 1. The van der Waals surface area contributed by atoms with Gasteiger partial charge in [0.05, 0.1) is 5.52 Å². The smallest absolute Gasteiger partial charge is 0.224 e. The molecule has 1 aliphatic carbocycles. The molecule has 4 heteroatoms. The standard InChI is InChI=1S/C22H29N3O/c1-16(2)21-15-24(12-10-22(26)25(21)13-17-7-8-17)14-18-9-11-23-20-6-4-3-5-19(18)20/h3-6,9,11,16-17,21H,7-8,10,12-15H2,1-2H3/t21-/m0/s1. The van der Waals surface area contributed by atoms with Crippen LogP contribution in [0.15, 0.2) is 36.5 Å². The molecule has 4 nitrogen and oxygen atoms in total. The summed E-state index contributed by atoms with van der Waals surface area (Å²) in [5.74, 6) is 1.57. The van der Waals surface area contributed by atoms with Crippen LogP contribution >= 0.6 is 0 Å². The molecule has 0 radical (unpaired) electrons. The van der Waals surface area contributed by atoms with Gasteiger partial charge in [-0.3, -0.25) is 14.7 Å². The second-order valence-electron chi connectivity index (χ2n) is 8.27. The number of rotatable bonds is 5. The van der Waals surface area contributed by atoms with Crippen LogP contribution in [-0.2, 0) is 11.3 Å². The molecule has 0 spiro atoms. The van der Waals surface area contributed by atoms with E-state index in [2.05, 4.69) is 52.9 Å². The molecule has 4 rings (SSSR count). The molecule has 2 heterocycles. The first-order chi connectivity index (χ1) is 12.6. The van der Waals surface area contributed by atoms with Crippen LogP contribution in [0.1, 0.15) is 38.7 Å². The van der Waals surface area contributed by atoms with Crippen molar-refractivity contribution in [1.29, 1.82) is 0 Å². The third-order valence-corrected chi connectivity index (χ3v) is 5.86. The Balaban J connectivity index is 1.55. The van der Waals surface area contributed by atoms with Gasteiger partial charge in [0.1, 0.15) is 0 Å². The second-order valence-corrected chi connectivity index (χ2v) is 8.27. The van der Waals surface area contributed by atoms with Gasteiger partial charge in [-0.25, -0.2) is 0 Å². The predicted octanol–water partition coefficient (Wildman–Crippen LogP) is 3.70. The summed E-state index contributed by atoms with van der Waals surface area (Å²) in [4.78, 5) is 21.9. The largest absolute Gasteiger partial charge is 0.338 e. The summed E-state index contributed by atoms with van der Waals surface area (Å²) in [5.41, 5.74) is 2.35. The third-order valence-electron chi connectivity index (χ3n) is 5.86. The number of carbonyl (C=O) groups is 1. The Labute approximate surface area is 156 Å². The number of carbonyl (C=O) groups excluding carboxylic acids is 1. The molecule has 1 saturated heterocycles. The third kappa shape index (κ3) is 3.75. The minimum absolute atomic E-state index is 0.318. The number of hydrogen-bond donors (Lipinski definition) is 0. The number of aromatic nitrogens is 1. The molecule has 0 N–H and O–H groups in total. The fourth-order valence-electron chi connectivity index (χ4n) is 4.10. The van der Waals surface area contributed by atoms with E-state index in [9.17, 15) is 4.79 Å². The molecular formula is C22H29N3O. The van der Waals surface area contributed by atoms with Crippen molar-refractivity contribution >= 4 is 16.8 Å². The molecular weight excluding hydrogens is 322 g/mol. The molecule has 2 fully saturated rings. The van der Waals surface area contributed by atoms with Crippen molar-refractivity contribution in [1.82, 2.24) is 14.8 Å². The fraction of sp³-hybridized carbons (Fsp3) is 0.545. The van der Waals surface area contributed by atoms with Crippen molar-refractivity contribution in [2.45, 2.75) is 45.7 Å². The van der Waals surface area contributed by atoms with Gasteiger partial charge in [0.15, 0.2) is 0 Å². The molecule has 2 aromatic rings. The number of hydrogen-bond acceptors (Lipinski definition) is 3. The van der Waals surface area contributed by atoms with Crippen molar-refractivity contribution in [3.8, 4) is 0 Å². The Morgan fingerprint density at radius 2 is 2.00 bits per heavy atom. The first-order valence-corrected chi connectivity index (χ1v) is 9.96. The summed E-state index contributed by atoms with van der Waals surface area (Å²) in [6, 6.07) is 10.8. The number of pyridine rings is 1. The van der Waals surface area contributed by atoms with Crippen molar-refractivity contribution in [2.75, 3.05) is 19.6 Å². The average Bonchev–Trinajstić information content (AvgIpc) is 3.47. The van der Waals surface area contributed by atoms with E-state index < -0.39 is 0 Å². The zero-order chi connectivity index (χ0) is 18.1. The molecule has 26 heavy (non-hydrogen) atoms. The Bertz CT molecular complexity index is 779. The molecule has 1 atom stereocenters. The molecule has 0 bridgehead atoms. The maximum Gasteiger partial charge on any atom is 0.224 e. The Kier molecular flexibility index (Phi) is 4.94. The minimum Gasteiger partial charge on any atom is -0.338 e. The summed E-state index contributed by atoms with van der Waals surface area (Å²) in [6.07, 6.45) is 5.13. The molecule has 1 saturated carbocycles. The number of amides is 1. The SMILES string of the molecule is CC(C)[C@@H]1CN(Cc2ccnc3ccccc23)CCC(=O)N1CC1CC1. The summed E-state index contributed by atoms with van der Waals surface area (Å²) >= 11 is 0. The molecule has 138 valence electrons. The van der Waals surface area contributed by atoms with Crippen LogP contribution in [0.4, 0.5) is 0 Å². The van der Waals surface area contributed by atoms with Crippen molar-refractivity contribution in [2.24, 2.45) is 11.8 Å². The van der Waals surface area contributed by atoms with Crippen LogP contribution in [0.5, 0.6) is 0 Å². The van der Waals surface area contributed by atoms with Crippen LogP contribution in [0.25, 0.3) is 10.9 Å². The Morgan fingerprint density at radius 1 is 1.19 bits per heavy atom. The van der Waals surface area contributed by atoms with E-state index in [0.717, 1.165) is 37.6 Å². The second kappa shape index (κ2) is 7.36. The lowest BCUT2D eigenvalue weighted by atomic mass is 10.0. The monoisotopic (exact) mass is 351 g/mol. The normalized spacial score (nSPS) is 22.2. The van der Waals surface area contributed by atoms with Gasteiger partial charge >= 0.3 is 0 Å². The van der Waals surface area contributed by atoms with Crippen LogP contribution in [0.2, 0.25) is 0 Å². The Hall–Kier alpha value is -1.94. The van der Waals surface area contributed by atoms with Gasteiger partial charge in [-0.2, -0.15) is 0 Å². The number of nitrogens with zero attached hydrogens (tertiary/aromatic N) is 3. The summed E-state index contributed by atoms with van der Waals surface area (Å²) in [5, 5.41) is 1.22. The molecule has 1 aromatic carbocycles. The average molecular weight is 351 g/mol. The molecule has 1 aromatic heterocycles. The van der Waals surface area contributed by atoms with Crippen molar-refractivity contribution in [3.05, 3.63) is 42.1 Å². The van der Waals surface area contributed by atoms with Gasteiger partial charge in [-0.1, -0.05) is 32.0 Å². The Morgan fingerprint density at radius 3 is 2.77 bits per heavy atom. The van der Waals surface area contributed by atoms with Gasteiger partial charge in [0.2, 0.25) is 5.91 Å². The molecule has 1 aliphatic heterocycles. The fourth-order valence-corrected chi connectivity index (χ4v) is 4.10. The maximum atomic E-state index is 12.8. The van der Waals surface area contributed by atoms with Gasteiger partial charge in [-0.15, -0.1) is 0 Å². The first-order valence-electron chi connectivity index (χ1n) is 9.96. The van der Waals surface area contributed by atoms with Crippen LogP contribution < -0.4 is 0 Å². The van der Waals surface area contributed by atoms with E-state index in [0.29, 0.717) is 24.3 Å². The van der Waals surface area contributed by atoms with E-state index in [4.69, 9.17) is 0 Å². The van der Waals surface area contributed by atoms with Crippen molar-refractivity contribution in [3.63, 3.8) is 0 Å². The summed E-state index contributed by atoms with van der Waals surface area (Å²) in [6.45, 7) is 8.17. The number of benzene rings is 1. The van der Waals surface area contributed by atoms with Crippen molar-refractivity contribution < 1.29 is 4.79 Å². The van der Waals surface area contributed by atoms with Crippen LogP contribution in [0, 0.1) is 11.8 Å². The van der Waals surface area contributed by atoms with E-state index >= 15 is 0 Å². The summed E-state index contributed by atoms with van der Waals surface area (Å²) < 4.78 is 0. The highest BCUT2D eigenvalue weighted by atomic mass is 16.2. The van der Waals surface area contributed by atoms with Gasteiger partial charge in [0, 0.05) is 50.2 Å². The first kappa shape index (κ1) is 17.5. The lowest BCUT2D eigenvalue weighted by Crippen LogP contribution is -2.47. The highest BCUT2D eigenvalue weighted by Gasteiger charge is 2.35. The van der Waals surface area contributed by atoms with E-state index in [1.807, 2.05) is 12.3 Å². The lowest BCUT2D eigenvalue weighted by molar-refractivity contribution is -0.133. The quantitative estimate of drug-likeness (QED) is 0.824. The highest BCUT2D eigenvalue weighted by Crippen LogP contribution is 2.32. The highest BCUT2D eigenvalue weighted by molar-refractivity contribution is 5.81.